The number of ether oxygens (including phenoxy) is 1. The van der Waals surface area contributed by atoms with E-state index in [0.29, 0.717) is 4.66 Å². The fourth-order valence-electron chi connectivity index (χ4n) is 3.47. The first-order valence-corrected chi connectivity index (χ1v) is 13.4. The number of rotatable bonds is 11. The largest absolute Gasteiger partial charge is 0.462 e. The van der Waals surface area contributed by atoms with E-state index in [9.17, 15) is 10.1 Å². The summed E-state index contributed by atoms with van der Waals surface area (Å²) in [4.78, 5) is 20.6. The maximum Gasteiger partial charge on any atom is 0.352 e. The molecule has 0 atom stereocenters. The molecule has 2 aromatic heterocycles. The van der Waals surface area contributed by atoms with E-state index in [1.807, 2.05) is 36.4 Å². The molecule has 3 rings (SSSR count). The molecule has 0 saturated carbocycles. The number of esters is 1. The second-order valence-corrected chi connectivity index (χ2v) is 9.94. The van der Waals surface area contributed by atoms with Crippen LogP contribution in [-0.4, -0.2) is 30.6 Å². The van der Waals surface area contributed by atoms with Crippen LogP contribution in [0.15, 0.2) is 42.5 Å². The number of unbranched alkanes of at least 4 members (excludes halogenated alkanes) is 2. The van der Waals surface area contributed by atoms with Crippen molar-refractivity contribution in [2.24, 2.45) is 0 Å². The van der Waals surface area contributed by atoms with Crippen LogP contribution >= 0.6 is 22.7 Å². The van der Waals surface area contributed by atoms with Gasteiger partial charge < -0.3 is 9.64 Å². The number of hydrogen-bond donors (Lipinski definition) is 0. The molecule has 0 unspecified atom stereocenters. The predicted octanol–water partition coefficient (Wildman–Crippen LogP) is 5.34. The van der Waals surface area contributed by atoms with Gasteiger partial charge in [-0.3, -0.25) is 0 Å². The summed E-state index contributed by atoms with van der Waals surface area (Å²) >= 11 is 3.11. The molecule has 1 aromatic carbocycles. The molecule has 178 valence electrons. The second-order valence-electron chi connectivity index (χ2n) is 7.82. The van der Waals surface area contributed by atoms with Crippen LogP contribution in [0.1, 0.15) is 51.3 Å². The highest BCUT2D eigenvalue weighted by atomic mass is 32.1. The average Bonchev–Trinajstić information content (AvgIpc) is 3.48. The number of carbonyl (C=O) groups excluding carboxylic acids is 1. The van der Waals surface area contributed by atoms with Gasteiger partial charge in [-0.1, -0.05) is 57.0 Å². The van der Waals surface area contributed by atoms with Crippen LogP contribution in [0.5, 0.6) is 0 Å². The molecule has 0 saturated heterocycles. The van der Waals surface area contributed by atoms with Gasteiger partial charge in [0.1, 0.15) is 10.7 Å². The van der Waals surface area contributed by atoms with Crippen molar-refractivity contribution in [3.05, 3.63) is 56.5 Å². The summed E-state index contributed by atoms with van der Waals surface area (Å²) in [6.45, 7) is 8.52. The highest BCUT2D eigenvalue weighted by molar-refractivity contribution is 7.17. The minimum absolute atomic E-state index is 0.0548. The second kappa shape index (κ2) is 13.1. The first-order valence-electron chi connectivity index (χ1n) is 11.8. The van der Waals surface area contributed by atoms with Crippen LogP contribution in [0.4, 0.5) is 5.00 Å². The monoisotopic (exact) mass is 493 g/mol. The van der Waals surface area contributed by atoms with Crippen molar-refractivity contribution in [2.45, 2.75) is 46.5 Å². The molecule has 0 spiro atoms. The van der Waals surface area contributed by atoms with Crippen molar-refractivity contribution < 1.29 is 9.53 Å². The number of carbonyl (C=O) groups is 1. The maximum absolute atomic E-state index is 12.3. The van der Waals surface area contributed by atoms with E-state index in [-0.39, 0.29) is 12.2 Å². The van der Waals surface area contributed by atoms with Gasteiger partial charge >= 0.3 is 5.97 Å². The van der Waals surface area contributed by atoms with Gasteiger partial charge in [-0.2, -0.15) is 5.26 Å². The highest BCUT2D eigenvalue weighted by Gasteiger charge is 2.16. The molecule has 0 aliphatic rings. The lowest BCUT2D eigenvalue weighted by atomic mass is 10.1. The van der Waals surface area contributed by atoms with Crippen LogP contribution < -0.4 is 14.1 Å². The van der Waals surface area contributed by atoms with E-state index in [0.717, 1.165) is 33.8 Å². The van der Waals surface area contributed by atoms with Gasteiger partial charge in [0, 0.05) is 23.5 Å². The number of benzene rings is 1. The van der Waals surface area contributed by atoms with Crippen molar-refractivity contribution in [3.8, 4) is 17.3 Å². The predicted molar refractivity (Wildman–Crippen MR) is 142 cm³/mol. The average molecular weight is 494 g/mol. The topological polar surface area (TPSA) is 66.2 Å². The lowest BCUT2D eigenvalue weighted by Crippen LogP contribution is -2.24. The molecule has 5 nitrogen and oxygen atoms in total. The van der Waals surface area contributed by atoms with Gasteiger partial charge in [-0.15, -0.1) is 22.7 Å². The van der Waals surface area contributed by atoms with Gasteiger partial charge in [0.25, 0.3) is 0 Å². The Kier molecular flexibility index (Phi) is 9.87. The van der Waals surface area contributed by atoms with Crippen LogP contribution in [0.2, 0.25) is 0 Å². The van der Waals surface area contributed by atoms with Crippen LogP contribution in [0, 0.1) is 11.3 Å². The zero-order chi connectivity index (χ0) is 24.3. The maximum atomic E-state index is 12.3. The highest BCUT2D eigenvalue weighted by Crippen LogP contribution is 2.28. The molecular weight excluding hydrogens is 462 g/mol. The Morgan fingerprint density at radius 2 is 1.76 bits per heavy atom. The summed E-state index contributed by atoms with van der Waals surface area (Å²) in [5.41, 5.74) is 1.66. The van der Waals surface area contributed by atoms with Gasteiger partial charge in [-0.05, 0) is 38.0 Å². The molecular formula is C27H31N3O2S2. The van der Waals surface area contributed by atoms with Crippen LogP contribution in [0.3, 0.4) is 0 Å². The van der Waals surface area contributed by atoms with E-state index in [1.54, 1.807) is 18.3 Å². The summed E-state index contributed by atoms with van der Waals surface area (Å²) in [5, 5.41) is 10.9. The Morgan fingerprint density at radius 3 is 2.38 bits per heavy atom. The van der Waals surface area contributed by atoms with Crippen molar-refractivity contribution >= 4 is 45.3 Å². The summed E-state index contributed by atoms with van der Waals surface area (Å²) in [6, 6.07) is 16.2. The quantitative estimate of drug-likeness (QED) is 0.337. The molecule has 2 heterocycles. The standard InChI is InChI=1S/C27H31N3O2S2/c1-4-7-16-30(17-8-5-2)24-15-14-21(33-24)18-23-25(20-12-10-9-11-13-20)29-26(34-23)22(19-28)27(31)32-6-3/h9-15,18H,4-8,16-17H2,1-3H3/b23-18-,26-22+. The fourth-order valence-corrected chi connectivity index (χ4v) is 5.57. The number of nitriles is 1. The molecule has 3 aromatic rings. The molecule has 0 amide bonds. The summed E-state index contributed by atoms with van der Waals surface area (Å²) in [5.74, 6) is -0.634. The van der Waals surface area contributed by atoms with Crippen molar-refractivity contribution in [2.75, 3.05) is 24.6 Å². The first-order chi connectivity index (χ1) is 16.6. The van der Waals surface area contributed by atoms with E-state index in [1.165, 1.54) is 42.0 Å². The third-order valence-electron chi connectivity index (χ3n) is 5.27. The summed E-state index contributed by atoms with van der Waals surface area (Å²) in [6.07, 6.45) is 6.81. The molecule has 0 fully saturated rings. The third-order valence-corrected chi connectivity index (χ3v) is 7.38. The zero-order valence-corrected chi connectivity index (χ0v) is 21.7. The van der Waals surface area contributed by atoms with Crippen molar-refractivity contribution in [1.29, 1.82) is 5.26 Å². The number of thiazole rings is 1. The van der Waals surface area contributed by atoms with E-state index in [2.05, 4.69) is 37.0 Å². The molecule has 0 N–H and O–H groups in total. The third kappa shape index (κ3) is 6.55. The number of thiophene rings is 1. The molecule has 0 aliphatic heterocycles. The van der Waals surface area contributed by atoms with Crippen molar-refractivity contribution in [3.63, 3.8) is 0 Å². The summed E-state index contributed by atoms with van der Waals surface area (Å²) in [7, 11) is 0. The minimum Gasteiger partial charge on any atom is -0.462 e. The lowest BCUT2D eigenvalue weighted by Gasteiger charge is -2.22. The SMILES string of the molecule is CCCCN(CCCC)c1ccc(/C=c2\s/c(=C(\C#N)C(=O)OCC)nc2-c2ccccc2)s1. The minimum atomic E-state index is -0.634. The van der Waals surface area contributed by atoms with Gasteiger partial charge in [0.15, 0.2) is 5.57 Å². The van der Waals surface area contributed by atoms with Gasteiger partial charge in [0.05, 0.1) is 21.8 Å². The zero-order valence-electron chi connectivity index (χ0n) is 20.0. The molecule has 0 aliphatic carbocycles. The molecule has 7 heteroatoms. The Labute approximate surface area is 209 Å². The fraction of sp³-hybridized carbons (Fsp3) is 0.370. The normalized spacial score (nSPS) is 12.4. The molecule has 34 heavy (non-hydrogen) atoms. The Bertz CT molecular complexity index is 1230. The molecule has 0 bridgehead atoms. The number of aromatic nitrogens is 1. The first kappa shape index (κ1) is 25.7. The Hall–Kier alpha value is -2.95. The van der Waals surface area contributed by atoms with Crippen molar-refractivity contribution in [1.82, 2.24) is 4.98 Å². The Balaban J connectivity index is 2.08. The summed E-state index contributed by atoms with van der Waals surface area (Å²) < 4.78 is 6.37. The molecule has 0 radical (unpaired) electrons. The van der Waals surface area contributed by atoms with E-state index < -0.39 is 5.97 Å². The van der Waals surface area contributed by atoms with Crippen LogP contribution in [-0.2, 0) is 9.53 Å². The van der Waals surface area contributed by atoms with Gasteiger partial charge in [-0.25, -0.2) is 9.78 Å². The number of anilines is 1. The van der Waals surface area contributed by atoms with E-state index in [4.69, 9.17) is 9.72 Å². The van der Waals surface area contributed by atoms with E-state index >= 15 is 0 Å². The number of nitrogens with zero attached hydrogens (tertiary/aromatic N) is 3. The smallest absolute Gasteiger partial charge is 0.352 e. The Morgan fingerprint density at radius 1 is 1.06 bits per heavy atom. The van der Waals surface area contributed by atoms with Crippen LogP contribution in [0.25, 0.3) is 22.9 Å². The number of hydrogen-bond acceptors (Lipinski definition) is 7. The lowest BCUT2D eigenvalue weighted by molar-refractivity contribution is -0.136. The van der Waals surface area contributed by atoms with Gasteiger partial charge in [0.2, 0.25) is 0 Å².